The average molecular weight is 249 g/mol. The van der Waals surface area contributed by atoms with E-state index in [1.807, 2.05) is 37.3 Å². The van der Waals surface area contributed by atoms with E-state index in [1.165, 1.54) is 0 Å². The minimum atomic E-state index is -0.586. The number of hydrogen-bond acceptors (Lipinski definition) is 3. The van der Waals surface area contributed by atoms with E-state index >= 15 is 0 Å². The molecule has 0 saturated carbocycles. The number of aromatic nitrogens is 1. The maximum absolute atomic E-state index is 9.80. The zero-order valence-electron chi connectivity index (χ0n) is 9.52. The summed E-state index contributed by atoms with van der Waals surface area (Å²) in [5.74, 6) is 0. The zero-order valence-corrected chi connectivity index (χ0v) is 10.3. The number of nitrogens with zero attached hydrogens (tertiary/aromatic N) is 2. The van der Waals surface area contributed by atoms with Crippen molar-refractivity contribution >= 4 is 28.2 Å². The lowest BCUT2D eigenvalue weighted by Crippen LogP contribution is -2.60. The highest BCUT2D eigenvalue weighted by molar-refractivity contribution is 6.30. The molecule has 2 aromatic rings. The minimum absolute atomic E-state index is 0.491. The van der Waals surface area contributed by atoms with Gasteiger partial charge < -0.3 is 10.0 Å². The van der Waals surface area contributed by atoms with Gasteiger partial charge in [0.25, 0.3) is 0 Å². The molecule has 0 atom stereocenters. The van der Waals surface area contributed by atoms with Gasteiger partial charge in [-0.25, -0.2) is 4.98 Å². The molecule has 3 rings (SSSR count). The number of anilines is 1. The second-order valence-electron chi connectivity index (χ2n) is 4.83. The predicted molar refractivity (Wildman–Crippen MR) is 69.6 cm³/mol. The van der Waals surface area contributed by atoms with Gasteiger partial charge in [0.05, 0.1) is 11.1 Å². The number of halogens is 1. The number of benzene rings is 1. The first kappa shape index (κ1) is 10.8. The third-order valence-corrected chi connectivity index (χ3v) is 3.26. The fourth-order valence-corrected chi connectivity index (χ4v) is 2.53. The van der Waals surface area contributed by atoms with Crippen molar-refractivity contribution in [3.05, 3.63) is 35.5 Å². The lowest BCUT2D eigenvalue weighted by Gasteiger charge is -2.46. The molecule has 3 nitrogen and oxygen atoms in total. The summed E-state index contributed by atoms with van der Waals surface area (Å²) >= 11 is 6.02. The van der Waals surface area contributed by atoms with Crippen molar-refractivity contribution in [2.24, 2.45) is 0 Å². The molecule has 4 heteroatoms. The summed E-state index contributed by atoms with van der Waals surface area (Å²) in [5.41, 5.74) is 1.35. The quantitative estimate of drug-likeness (QED) is 0.788. The van der Waals surface area contributed by atoms with Crippen molar-refractivity contribution in [1.82, 2.24) is 4.98 Å². The molecule has 1 aliphatic rings. The van der Waals surface area contributed by atoms with Crippen molar-refractivity contribution < 1.29 is 5.11 Å². The molecule has 2 heterocycles. The Morgan fingerprint density at radius 2 is 2.06 bits per heavy atom. The molecule has 1 N–H and O–H groups in total. The summed E-state index contributed by atoms with van der Waals surface area (Å²) in [6, 6.07) is 9.77. The molecule has 1 saturated heterocycles. The van der Waals surface area contributed by atoms with Gasteiger partial charge in [-0.1, -0.05) is 29.8 Å². The van der Waals surface area contributed by atoms with Crippen LogP contribution in [0.25, 0.3) is 10.9 Å². The largest absolute Gasteiger partial charge is 0.386 e. The van der Waals surface area contributed by atoms with Gasteiger partial charge in [0.15, 0.2) is 0 Å². The number of para-hydroxylation sites is 1. The average Bonchev–Trinajstić information content (AvgIpc) is 2.24. The highest BCUT2D eigenvalue weighted by Gasteiger charge is 2.37. The van der Waals surface area contributed by atoms with Crippen LogP contribution in [0.4, 0.5) is 5.69 Å². The molecule has 0 spiro atoms. The van der Waals surface area contributed by atoms with Gasteiger partial charge >= 0.3 is 0 Å². The summed E-state index contributed by atoms with van der Waals surface area (Å²) < 4.78 is 0. The van der Waals surface area contributed by atoms with Gasteiger partial charge in [0.2, 0.25) is 0 Å². The number of hydrogen-bond donors (Lipinski definition) is 1. The van der Waals surface area contributed by atoms with Crippen molar-refractivity contribution in [1.29, 1.82) is 0 Å². The first-order valence-corrected chi connectivity index (χ1v) is 5.96. The van der Waals surface area contributed by atoms with Crippen LogP contribution in [-0.2, 0) is 0 Å². The third-order valence-electron chi connectivity index (χ3n) is 3.07. The van der Waals surface area contributed by atoms with Crippen LogP contribution in [0.5, 0.6) is 0 Å². The zero-order chi connectivity index (χ0) is 12.0. The molecule has 0 unspecified atom stereocenters. The number of pyridine rings is 1. The minimum Gasteiger partial charge on any atom is -0.386 e. The SMILES string of the molecule is CC1(O)CN(c2cc(Cl)nc3ccccc23)C1. The van der Waals surface area contributed by atoms with Gasteiger partial charge in [-0.3, -0.25) is 0 Å². The van der Waals surface area contributed by atoms with Crippen molar-refractivity contribution in [2.75, 3.05) is 18.0 Å². The molecule has 0 aliphatic carbocycles. The molecule has 1 fully saturated rings. The maximum atomic E-state index is 9.80. The van der Waals surface area contributed by atoms with Crippen LogP contribution in [0.3, 0.4) is 0 Å². The number of rotatable bonds is 1. The maximum Gasteiger partial charge on any atom is 0.131 e. The van der Waals surface area contributed by atoms with E-state index in [4.69, 9.17) is 11.6 Å². The van der Waals surface area contributed by atoms with Crippen LogP contribution in [-0.4, -0.2) is 28.8 Å². The molecule has 17 heavy (non-hydrogen) atoms. The molecule has 1 aromatic heterocycles. The Labute approximate surface area is 105 Å². The molecule has 1 aliphatic heterocycles. The second-order valence-corrected chi connectivity index (χ2v) is 5.22. The first-order valence-electron chi connectivity index (χ1n) is 5.58. The van der Waals surface area contributed by atoms with E-state index < -0.39 is 5.60 Å². The van der Waals surface area contributed by atoms with Crippen LogP contribution >= 0.6 is 11.6 Å². The first-order chi connectivity index (χ1) is 8.05. The van der Waals surface area contributed by atoms with Crippen molar-refractivity contribution in [2.45, 2.75) is 12.5 Å². The Morgan fingerprint density at radius 3 is 2.76 bits per heavy atom. The monoisotopic (exact) mass is 248 g/mol. The fraction of sp³-hybridized carbons (Fsp3) is 0.308. The second kappa shape index (κ2) is 3.59. The van der Waals surface area contributed by atoms with Gasteiger partial charge in [-0.05, 0) is 19.1 Å². The lowest BCUT2D eigenvalue weighted by molar-refractivity contribution is 0.0312. The van der Waals surface area contributed by atoms with Crippen LogP contribution < -0.4 is 4.90 Å². The number of β-amino-alcohol motifs (C(OH)–C–C–N with tert-alkyl or cyclic N) is 1. The van der Waals surface area contributed by atoms with Gasteiger partial charge in [0, 0.05) is 24.2 Å². The standard InChI is InChI=1S/C13H13ClN2O/c1-13(17)7-16(8-13)11-6-12(14)15-10-5-3-2-4-9(10)11/h2-6,17H,7-8H2,1H3. The fourth-order valence-electron chi connectivity index (χ4n) is 2.33. The summed E-state index contributed by atoms with van der Waals surface area (Å²) in [7, 11) is 0. The highest BCUT2D eigenvalue weighted by Crippen LogP contribution is 2.34. The van der Waals surface area contributed by atoms with E-state index in [9.17, 15) is 5.11 Å². The van der Waals surface area contributed by atoms with Crippen molar-refractivity contribution in [3.63, 3.8) is 0 Å². The molecule has 88 valence electrons. The van der Waals surface area contributed by atoms with E-state index in [0.29, 0.717) is 18.2 Å². The third kappa shape index (κ3) is 1.85. The molecule has 0 bridgehead atoms. The Kier molecular flexibility index (Phi) is 2.28. The van der Waals surface area contributed by atoms with E-state index in [-0.39, 0.29) is 0 Å². The molecular weight excluding hydrogens is 236 g/mol. The summed E-state index contributed by atoms with van der Waals surface area (Å²) in [6.45, 7) is 3.11. The smallest absolute Gasteiger partial charge is 0.131 e. The van der Waals surface area contributed by atoms with Gasteiger partial charge in [-0.2, -0.15) is 0 Å². The van der Waals surface area contributed by atoms with Gasteiger partial charge in [0.1, 0.15) is 5.15 Å². The summed E-state index contributed by atoms with van der Waals surface area (Å²) in [4.78, 5) is 6.41. The number of aliphatic hydroxyl groups is 1. The Bertz CT molecular complexity index is 575. The van der Waals surface area contributed by atoms with Gasteiger partial charge in [-0.15, -0.1) is 0 Å². The summed E-state index contributed by atoms with van der Waals surface area (Å²) in [5, 5.41) is 11.4. The van der Waals surface area contributed by atoms with Crippen LogP contribution in [0.1, 0.15) is 6.92 Å². The molecular formula is C13H13ClN2O. The van der Waals surface area contributed by atoms with Crippen LogP contribution in [0.15, 0.2) is 30.3 Å². The van der Waals surface area contributed by atoms with E-state index in [1.54, 1.807) is 0 Å². The Hall–Kier alpha value is -1.32. The molecule has 1 aromatic carbocycles. The normalized spacial score (nSPS) is 18.2. The van der Waals surface area contributed by atoms with Crippen LogP contribution in [0, 0.1) is 0 Å². The number of fused-ring (bicyclic) bond motifs is 1. The Morgan fingerprint density at radius 1 is 1.35 bits per heavy atom. The predicted octanol–water partition coefficient (Wildman–Crippen LogP) is 2.46. The molecule has 0 radical (unpaired) electrons. The van der Waals surface area contributed by atoms with E-state index in [0.717, 1.165) is 16.6 Å². The summed E-state index contributed by atoms with van der Waals surface area (Å²) in [6.07, 6.45) is 0. The molecule has 0 amide bonds. The van der Waals surface area contributed by atoms with Crippen LogP contribution in [0.2, 0.25) is 5.15 Å². The topological polar surface area (TPSA) is 36.4 Å². The highest BCUT2D eigenvalue weighted by atomic mass is 35.5. The van der Waals surface area contributed by atoms with Crippen molar-refractivity contribution in [3.8, 4) is 0 Å². The van der Waals surface area contributed by atoms with E-state index in [2.05, 4.69) is 9.88 Å². The lowest BCUT2D eigenvalue weighted by atomic mass is 9.95. The Balaban J connectivity index is 2.10.